The van der Waals surface area contributed by atoms with Crippen LogP contribution in [0.25, 0.3) is 0 Å². The zero-order valence-corrected chi connectivity index (χ0v) is 9.96. The van der Waals surface area contributed by atoms with E-state index in [1.807, 2.05) is 0 Å². The van der Waals surface area contributed by atoms with Gasteiger partial charge in [0.25, 0.3) is 0 Å². The molecule has 0 heterocycles. The summed E-state index contributed by atoms with van der Waals surface area (Å²) in [5.41, 5.74) is 6.08. The van der Waals surface area contributed by atoms with Gasteiger partial charge >= 0.3 is 0 Å². The number of benzene rings is 1. The number of nitrogens with two attached hydrogens (primary N) is 1. The molecule has 0 aromatic heterocycles. The predicted octanol–water partition coefficient (Wildman–Crippen LogP) is 2.21. The van der Waals surface area contributed by atoms with E-state index in [4.69, 9.17) is 17.3 Å². The SMILES string of the molecule is Nc1cccc(Cl)c1S.[Zn]. The molecule has 0 saturated carbocycles. The molecule has 0 aliphatic rings. The minimum atomic E-state index is 0. The molecule has 0 bridgehead atoms. The van der Waals surface area contributed by atoms with Crippen LogP contribution in [-0.4, -0.2) is 0 Å². The predicted molar refractivity (Wildman–Crippen MR) is 43.1 cm³/mol. The van der Waals surface area contributed by atoms with Crippen molar-refractivity contribution in [2.24, 2.45) is 0 Å². The number of rotatable bonds is 0. The molecule has 4 heteroatoms. The Bertz CT molecular complexity index is 209. The summed E-state index contributed by atoms with van der Waals surface area (Å²) >= 11 is 9.71. The molecule has 0 amide bonds. The molecule has 1 nitrogen and oxygen atoms in total. The molecule has 0 saturated heterocycles. The van der Waals surface area contributed by atoms with Crippen LogP contribution in [0.4, 0.5) is 5.69 Å². The quantitative estimate of drug-likeness (QED) is 0.395. The number of halogens is 1. The summed E-state index contributed by atoms with van der Waals surface area (Å²) in [6.45, 7) is 0. The van der Waals surface area contributed by atoms with Gasteiger partial charge in [0.15, 0.2) is 0 Å². The molecule has 2 N–H and O–H groups in total. The minimum Gasteiger partial charge on any atom is -0.398 e. The van der Waals surface area contributed by atoms with Crippen LogP contribution in [0.1, 0.15) is 0 Å². The monoisotopic (exact) mass is 223 g/mol. The summed E-state index contributed by atoms with van der Waals surface area (Å²) in [6.07, 6.45) is 0. The Kier molecular flexibility index (Phi) is 4.34. The largest absolute Gasteiger partial charge is 0.398 e. The first-order valence-electron chi connectivity index (χ1n) is 2.45. The fraction of sp³-hybridized carbons (Fsp3) is 0. The average molecular weight is 225 g/mol. The maximum atomic E-state index is 5.66. The molecule has 0 radical (unpaired) electrons. The maximum absolute atomic E-state index is 5.66. The van der Waals surface area contributed by atoms with Gasteiger partial charge < -0.3 is 5.73 Å². The first-order chi connectivity index (χ1) is 4.22. The second kappa shape index (κ2) is 4.22. The van der Waals surface area contributed by atoms with E-state index in [-0.39, 0.29) is 19.5 Å². The molecule has 1 aromatic rings. The van der Waals surface area contributed by atoms with E-state index in [0.717, 1.165) is 0 Å². The third-order valence-electron chi connectivity index (χ3n) is 1.02. The van der Waals surface area contributed by atoms with Gasteiger partial charge in [0.05, 0.1) is 5.02 Å². The Labute approximate surface area is 83.1 Å². The van der Waals surface area contributed by atoms with E-state index in [0.29, 0.717) is 15.6 Å². The smallest absolute Gasteiger partial charge is 0.0560 e. The number of hydrogen-bond acceptors (Lipinski definition) is 2. The van der Waals surface area contributed by atoms with Crippen LogP contribution in [0.15, 0.2) is 23.1 Å². The van der Waals surface area contributed by atoms with Gasteiger partial charge in [0.1, 0.15) is 0 Å². The molecule has 0 aliphatic heterocycles. The summed E-state index contributed by atoms with van der Waals surface area (Å²) in [5.74, 6) is 0. The molecule has 0 aliphatic carbocycles. The summed E-state index contributed by atoms with van der Waals surface area (Å²) in [5, 5.41) is 0.596. The van der Waals surface area contributed by atoms with E-state index in [2.05, 4.69) is 12.6 Å². The number of hydrogen-bond donors (Lipinski definition) is 2. The molecule has 50 valence electrons. The molecule has 1 rings (SSSR count). The van der Waals surface area contributed by atoms with Crippen molar-refractivity contribution in [3.05, 3.63) is 23.2 Å². The van der Waals surface area contributed by atoms with Crippen molar-refractivity contribution in [2.45, 2.75) is 4.90 Å². The Balaban J connectivity index is 0.000000810. The molecule has 0 atom stereocenters. The van der Waals surface area contributed by atoms with E-state index in [1.165, 1.54) is 0 Å². The molecule has 10 heavy (non-hydrogen) atoms. The molecule has 1 aromatic carbocycles. The topological polar surface area (TPSA) is 26.0 Å². The van der Waals surface area contributed by atoms with E-state index < -0.39 is 0 Å². The van der Waals surface area contributed by atoms with Gasteiger partial charge in [-0.2, -0.15) is 0 Å². The second-order valence-electron chi connectivity index (χ2n) is 1.68. The summed E-state index contributed by atoms with van der Waals surface area (Å²) in [4.78, 5) is 0.652. The van der Waals surface area contributed by atoms with Crippen LogP contribution in [0.5, 0.6) is 0 Å². The Morgan fingerprint density at radius 1 is 1.40 bits per heavy atom. The van der Waals surface area contributed by atoms with Gasteiger partial charge in [-0.25, -0.2) is 0 Å². The van der Waals surface area contributed by atoms with Crippen LogP contribution in [0.2, 0.25) is 5.02 Å². The zero-order valence-electron chi connectivity index (χ0n) is 5.34. The fourth-order valence-electron chi connectivity index (χ4n) is 0.532. The number of anilines is 1. The Morgan fingerprint density at radius 2 is 2.00 bits per heavy atom. The van der Waals surface area contributed by atoms with Crippen molar-refractivity contribution < 1.29 is 19.5 Å². The molecule has 0 fully saturated rings. The van der Waals surface area contributed by atoms with Crippen LogP contribution in [0, 0.1) is 0 Å². The first kappa shape index (κ1) is 10.3. The summed E-state index contributed by atoms with van der Waals surface area (Å²) in [6, 6.07) is 5.30. The van der Waals surface area contributed by atoms with E-state index in [9.17, 15) is 0 Å². The van der Waals surface area contributed by atoms with E-state index >= 15 is 0 Å². The minimum absolute atomic E-state index is 0. The molecular weight excluding hydrogens is 219 g/mol. The fourth-order valence-corrected chi connectivity index (χ4v) is 0.863. The third-order valence-corrected chi connectivity index (χ3v) is 1.96. The summed E-state index contributed by atoms with van der Waals surface area (Å²) in [7, 11) is 0. The number of thiol groups is 1. The standard InChI is InChI=1S/C6H6ClNS.Zn/c7-4-2-1-3-5(8)6(4)9;/h1-3,9H,8H2;. The van der Waals surface area contributed by atoms with Crippen LogP contribution >= 0.6 is 24.2 Å². The van der Waals surface area contributed by atoms with Crippen molar-refractivity contribution >= 4 is 29.9 Å². The van der Waals surface area contributed by atoms with Gasteiger partial charge in [-0.1, -0.05) is 17.7 Å². The van der Waals surface area contributed by atoms with Gasteiger partial charge in [-0.15, -0.1) is 12.6 Å². The molecule has 0 spiro atoms. The van der Waals surface area contributed by atoms with Crippen LogP contribution in [-0.2, 0) is 19.5 Å². The van der Waals surface area contributed by atoms with Crippen LogP contribution in [0.3, 0.4) is 0 Å². The second-order valence-corrected chi connectivity index (χ2v) is 2.53. The molecule has 0 unspecified atom stereocenters. The van der Waals surface area contributed by atoms with Crippen LogP contribution < -0.4 is 5.73 Å². The number of nitrogen functional groups attached to an aromatic ring is 1. The first-order valence-corrected chi connectivity index (χ1v) is 3.27. The Morgan fingerprint density at radius 3 is 2.40 bits per heavy atom. The third kappa shape index (κ3) is 2.15. The van der Waals surface area contributed by atoms with Gasteiger partial charge in [-0.05, 0) is 12.1 Å². The average Bonchev–Trinajstić information content (AvgIpc) is 1.83. The van der Waals surface area contributed by atoms with Crippen molar-refractivity contribution in [2.75, 3.05) is 5.73 Å². The Hall–Kier alpha value is 0.283. The maximum Gasteiger partial charge on any atom is 0.0560 e. The van der Waals surface area contributed by atoms with Crippen molar-refractivity contribution in [3.8, 4) is 0 Å². The van der Waals surface area contributed by atoms with Crippen molar-refractivity contribution in [3.63, 3.8) is 0 Å². The zero-order chi connectivity index (χ0) is 6.85. The normalized spacial score (nSPS) is 8.60. The van der Waals surface area contributed by atoms with Crippen molar-refractivity contribution in [1.29, 1.82) is 0 Å². The van der Waals surface area contributed by atoms with Gasteiger partial charge in [0.2, 0.25) is 0 Å². The van der Waals surface area contributed by atoms with E-state index in [1.54, 1.807) is 18.2 Å². The summed E-state index contributed by atoms with van der Waals surface area (Å²) < 4.78 is 0. The molecular formula is C6H6ClNSZn. The van der Waals surface area contributed by atoms with Crippen molar-refractivity contribution in [1.82, 2.24) is 0 Å². The van der Waals surface area contributed by atoms with Gasteiger partial charge in [0, 0.05) is 30.1 Å². The van der Waals surface area contributed by atoms with Gasteiger partial charge in [-0.3, -0.25) is 0 Å².